The predicted octanol–water partition coefficient (Wildman–Crippen LogP) is 1.00. The molecule has 1 heterocycles. The van der Waals surface area contributed by atoms with Crippen LogP contribution >= 0.6 is 0 Å². The molecule has 0 saturated carbocycles. The number of nitrogens with zero attached hydrogens (tertiary/aromatic N) is 1. The van der Waals surface area contributed by atoms with E-state index < -0.39 is 5.97 Å². The van der Waals surface area contributed by atoms with Gasteiger partial charge in [-0.05, 0) is 5.92 Å². The number of carbonyl (C=O) groups excluding carboxylic acids is 1. The van der Waals surface area contributed by atoms with Gasteiger partial charge in [-0.2, -0.15) is 0 Å². The van der Waals surface area contributed by atoms with E-state index in [1.54, 1.807) is 11.8 Å². The lowest BCUT2D eigenvalue weighted by atomic mass is 9.87. The van der Waals surface area contributed by atoms with E-state index in [4.69, 9.17) is 5.11 Å². The van der Waals surface area contributed by atoms with Gasteiger partial charge in [0.1, 0.15) is 0 Å². The molecule has 2 amide bonds. The number of aliphatic carboxylic acids is 1. The monoisotopic (exact) mass is 228 g/mol. The van der Waals surface area contributed by atoms with Crippen LogP contribution in [0.5, 0.6) is 0 Å². The van der Waals surface area contributed by atoms with E-state index in [1.807, 2.05) is 13.8 Å². The molecule has 1 atom stereocenters. The number of rotatable bonds is 4. The Hall–Kier alpha value is -1.26. The van der Waals surface area contributed by atoms with Gasteiger partial charge in [0.25, 0.3) is 0 Å². The summed E-state index contributed by atoms with van der Waals surface area (Å²) in [5, 5.41) is 11.6. The first-order valence-electron chi connectivity index (χ1n) is 5.67. The summed E-state index contributed by atoms with van der Waals surface area (Å²) in [6.45, 7) is 7.52. The Bertz CT molecular complexity index is 272. The highest BCUT2D eigenvalue weighted by Crippen LogP contribution is 2.23. The van der Waals surface area contributed by atoms with Crippen molar-refractivity contribution in [2.75, 3.05) is 19.6 Å². The summed E-state index contributed by atoms with van der Waals surface area (Å²) >= 11 is 0. The van der Waals surface area contributed by atoms with Crippen molar-refractivity contribution in [3.63, 3.8) is 0 Å². The third-order valence-corrected chi connectivity index (χ3v) is 2.96. The number of likely N-dealkylation sites (tertiary alicyclic amines) is 1. The fraction of sp³-hybridized carbons (Fsp3) is 0.818. The van der Waals surface area contributed by atoms with E-state index in [9.17, 15) is 9.59 Å². The summed E-state index contributed by atoms with van der Waals surface area (Å²) in [7, 11) is 0. The maximum Gasteiger partial charge on any atom is 0.317 e. The molecule has 0 aromatic rings. The predicted molar refractivity (Wildman–Crippen MR) is 60.1 cm³/mol. The van der Waals surface area contributed by atoms with Crippen molar-refractivity contribution < 1.29 is 14.7 Å². The molecule has 16 heavy (non-hydrogen) atoms. The molecule has 1 aliphatic rings. The third-order valence-electron chi connectivity index (χ3n) is 2.96. The van der Waals surface area contributed by atoms with E-state index in [1.165, 1.54) is 0 Å². The van der Waals surface area contributed by atoms with Crippen LogP contribution in [0.2, 0.25) is 0 Å². The molecule has 5 heteroatoms. The van der Waals surface area contributed by atoms with Crippen molar-refractivity contribution in [1.29, 1.82) is 0 Å². The van der Waals surface area contributed by atoms with Crippen LogP contribution in [0.4, 0.5) is 4.79 Å². The second-order valence-electron chi connectivity index (χ2n) is 4.87. The second-order valence-corrected chi connectivity index (χ2v) is 4.87. The Balaban J connectivity index is 2.25. The molecule has 1 aliphatic heterocycles. The molecule has 1 unspecified atom stereocenters. The molecular formula is C11H20N2O3. The smallest absolute Gasteiger partial charge is 0.317 e. The van der Waals surface area contributed by atoms with Crippen molar-refractivity contribution in [3.8, 4) is 0 Å². The lowest BCUT2D eigenvalue weighted by Gasteiger charge is -2.41. The number of hydrogen-bond donors (Lipinski definition) is 2. The zero-order chi connectivity index (χ0) is 12.3. The van der Waals surface area contributed by atoms with Gasteiger partial charge < -0.3 is 15.3 Å². The van der Waals surface area contributed by atoms with Crippen LogP contribution in [0.3, 0.4) is 0 Å². The highest BCUT2D eigenvalue weighted by Gasteiger charge is 2.36. The van der Waals surface area contributed by atoms with Crippen LogP contribution < -0.4 is 5.32 Å². The van der Waals surface area contributed by atoms with Crippen LogP contribution in [0, 0.1) is 17.8 Å². The van der Waals surface area contributed by atoms with Crippen LogP contribution in [-0.4, -0.2) is 41.6 Å². The normalized spacial score (nSPS) is 18.1. The van der Waals surface area contributed by atoms with E-state index in [0.717, 1.165) is 0 Å². The Morgan fingerprint density at radius 2 is 1.94 bits per heavy atom. The van der Waals surface area contributed by atoms with Gasteiger partial charge in [-0.1, -0.05) is 20.8 Å². The second kappa shape index (κ2) is 5.18. The van der Waals surface area contributed by atoms with Gasteiger partial charge in [0, 0.05) is 25.6 Å². The lowest BCUT2D eigenvalue weighted by molar-refractivity contribution is -0.144. The van der Waals surface area contributed by atoms with E-state index in [0.29, 0.717) is 25.6 Å². The van der Waals surface area contributed by atoms with Gasteiger partial charge in [-0.25, -0.2) is 4.79 Å². The van der Waals surface area contributed by atoms with Crippen LogP contribution in [0.1, 0.15) is 20.8 Å². The van der Waals surface area contributed by atoms with Crippen molar-refractivity contribution >= 4 is 12.0 Å². The number of amides is 2. The average molecular weight is 228 g/mol. The number of urea groups is 1. The minimum atomic E-state index is -0.785. The zero-order valence-electron chi connectivity index (χ0n) is 10.1. The molecular weight excluding hydrogens is 208 g/mol. The molecule has 0 aromatic carbocycles. The van der Waals surface area contributed by atoms with Crippen LogP contribution in [0.25, 0.3) is 0 Å². The quantitative estimate of drug-likeness (QED) is 0.754. The lowest BCUT2D eigenvalue weighted by Crippen LogP contribution is -2.56. The van der Waals surface area contributed by atoms with E-state index in [-0.39, 0.29) is 17.9 Å². The molecule has 1 rings (SSSR count). The Morgan fingerprint density at radius 3 is 2.38 bits per heavy atom. The molecule has 1 fully saturated rings. The Morgan fingerprint density at radius 1 is 1.38 bits per heavy atom. The van der Waals surface area contributed by atoms with Gasteiger partial charge in [-0.3, -0.25) is 4.79 Å². The van der Waals surface area contributed by atoms with Crippen LogP contribution in [0.15, 0.2) is 0 Å². The largest absolute Gasteiger partial charge is 0.481 e. The molecule has 0 spiro atoms. The zero-order valence-corrected chi connectivity index (χ0v) is 10.1. The minimum absolute atomic E-state index is 0.0810. The summed E-state index contributed by atoms with van der Waals surface area (Å²) < 4.78 is 0. The standard InChI is InChI=1S/C11H20N2O3/c1-7(2)4-12-11(16)13-5-9(6-13)8(3)10(14)15/h7-9H,4-6H2,1-3H3,(H,12,16)(H,14,15). The SMILES string of the molecule is CC(C)CNC(=O)N1CC(C(C)C(=O)O)C1. The first-order chi connectivity index (χ1) is 7.41. The van der Waals surface area contributed by atoms with Crippen molar-refractivity contribution in [2.24, 2.45) is 17.8 Å². The first-order valence-corrected chi connectivity index (χ1v) is 5.67. The summed E-state index contributed by atoms with van der Waals surface area (Å²) in [4.78, 5) is 23.9. The number of carbonyl (C=O) groups is 2. The van der Waals surface area contributed by atoms with E-state index in [2.05, 4.69) is 5.32 Å². The number of hydrogen-bond acceptors (Lipinski definition) is 2. The maximum atomic E-state index is 11.5. The molecule has 1 saturated heterocycles. The molecule has 0 aliphatic carbocycles. The molecule has 2 N–H and O–H groups in total. The highest BCUT2D eigenvalue weighted by molar-refractivity contribution is 5.76. The van der Waals surface area contributed by atoms with Gasteiger partial charge in [0.05, 0.1) is 5.92 Å². The Kier molecular flexibility index (Phi) is 4.15. The molecule has 5 nitrogen and oxygen atoms in total. The molecule has 0 aromatic heterocycles. The molecule has 0 radical (unpaired) electrons. The number of nitrogens with one attached hydrogen (secondary N) is 1. The average Bonchev–Trinajstić information content (AvgIpc) is 2.11. The van der Waals surface area contributed by atoms with Gasteiger partial charge >= 0.3 is 12.0 Å². The minimum Gasteiger partial charge on any atom is -0.481 e. The summed E-state index contributed by atoms with van der Waals surface area (Å²) in [6.07, 6.45) is 0. The fourth-order valence-electron chi connectivity index (χ4n) is 1.60. The summed E-state index contributed by atoms with van der Waals surface area (Å²) in [5.41, 5.74) is 0. The van der Waals surface area contributed by atoms with Crippen molar-refractivity contribution in [3.05, 3.63) is 0 Å². The number of carboxylic acids is 1. The van der Waals surface area contributed by atoms with Crippen molar-refractivity contribution in [1.82, 2.24) is 10.2 Å². The topological polar surface area (TPSA) is 69.6 Å². The highest BCUT2D eigenvalue weighted by atomic mass is 16.4. The fourth-order valence-corrected chi connectivity index (χ4v) is 1.60. The van der Waals surface area contributed by atoms with Gasteiger partial charge in [0.15, 0.2) is 0 Å². The summed E-state index contributed by atoms with van der Waals surface area (Å²) in [6, 6.07) is -0.0810. The van der Waals surface area contributed by atoms with Crippen molar-refractivity contribution in [2.45, 2.75) is 20.8 Å². The van der Waals surface area contributed by atoms with Gasteiger partial charge in [0.2, 0.25) is 0 Å². The summed E-state index contributed by atoms with van der Waals surface area (Å²) in [5.74, 6) is -0.623. The van der Waals surface area contributed by atoms with Crippen LogP contribution in [-0.2, 0) is 4.79 Å². The van der Waals surface area contributed by atoms with Gasteiger partial charge in [-0.15, -0.1) is 0 Å². The Labute approximate surface area is 95.8 Å². The molecule has 92 valence electrons. The van der Waals surface area contributed by atoms with E-state index >= 15 is 0 Å². The maximum absolute atomic E-state index is 11.5. The molecule has 0 bridgehead atoms. The first kappa shape index (κ1) is 12.8. The third kappa shape index (κ3) is 3.12. The number of carboxylic acid groups (broad SMARTS) is 1.